The molecule has 0 fully saturated rings. The van der Waals surface area contributed by atoms with Crippen LogP contribution in [0.2, 0.25) is 0 Å². The number of aromatic nitrogens is 2. The smallest absolute Gasteiger partial charge is 0.271 e. The monoisotopic (exact) mass is 289 g/mol. The molecule has 0 aliphatic rings. The lowest BCUT2D eigenvalue weighted by atomic mass is 10.2. The molecule has 5 nitrogen and oxygen atoms in total. The van der Waals surface area contributed by atoms with Gasteiger partial charge in [0, 0.05) is 23.3 Å². The number of aromatic amines is 1. The molecule has 20 heavy (non-hydrogen) atoms. The first-order valence-corrected chi connectivity index (χ1v) is 7.17. The topological polar surface area (TPSA) is 74.8 Å². The van der Waals surface area contributed by atoms with E-state index in [2.05, 4.69) is 39.8 Å². The van der Waals surface area contributed by atoms with E-state index in [9.17, 15) is 9.59 Å². The Kier molecular flexibility index (Phi) is 4.95. The molecule has 1 amide bonds. The van der Waals surface area contributed by atoms with Gasteiger partial charge in [-0.15, -0.1) is 11.8 Å². The number of nitrogens with one attached hydrogen (secondary N) is 2. The van der Waals surface area contributed by atoms with E-state index in [0.29, 0.717) is 6.54 Å². The minimum atomic E-state index is -0.323. The van der Waals surface area contributed by atoms with Crippen molar-refractivity contribution in [2.75, 3.05) is 12.3 Å². The summed E-state index contributed by atoms with van der Waals surface area (Å²) in [6.45, 7) is 2.59. The van der Waals surface area contributed by atoms with Gasteiger partial charge in [0.2, 0.25) is 0 Å². The first kappa shape index (κ1) is 14.3. The molecule has 104 valence electrons. The van der Waals surface area contributed by atoms with E-state index in [-0.39, 0.29) is 17.2 Å². The van der Waals surface area contributed by atoms with Gasteiger partial charge < -0.3 is 5.32 Å². The van der Waals surface area contributed by atoms with Gasteiger partial charge in [0.1, 0.15) is 5.69 Å². The summed E-state index contributed by atoms with van der Waals surface area (Å²) in [5, 5.41) is 8.65. The third kappa shape index (κ3) is 4.24. The summed E-state index contributed by atoms with van der Waals surface area (Å²) in [7, 11) is 0. The molecular formula is C14H15N3O2S. The highest BCUT2D eigenvalue weighted by molar-refractivity contribution is 7.99. The number of benzene rings is 1. The number of carbonyl (C=O) groups excluding carboxylic acids is 1. The van der Waals surface area contributed by atoms with Crippen LogP contribution < -0.4 is 10.9 Å². The molecule has 0 saturated heterocycles. The average molecular weight is 289 g/mol. The molecule has 2 aromatic rings. The zero-order chi connectivity index (χ0) is 14.4. The predicted molar refractivity (Wildman–Crippen MR) is 79.1 cm³/mol. The molecule has 0 aliphatic heterocycles. The summed E-state index contributed by atoms with van der Waals surface area (Å²) in [5.74, 6) is 0.490. The Bertz CT molecular complexity index is 617. The standard InChI is InChI=1S/C14H15N3O2S/c1-10-2-4-11(5-3-10)20-9-8-15-14(19)12-6-7-13(18)17-16-12/h2-7H,8-9H2,1H3,(H,15,19)(H,17,18). The fourth-order valence-corrected chi connectivity index (χ4v) is 2.30. The number of H-pyrrole nitrogens is 1. The number of thioether (sulfide) groups is 1. The van der Waals surface area contributed by atoms with Crippen molar-refractivity contribution in [1.82, 2.24) is 15.5 Å². The van der Waals surface area contributed by atoms with E-state index in [0.717, 1.165) is 5.75 Å². The fraction of sp³-hybridized carbons (Fsp3) is 0.214. The van der Waals surface area contributed by atoms with Gasteiger partial charge >= 0.3 is 0 Å². The van der Waals surface area contributed by atoms with Crippen LogP contribution in [0.4, 0.5) is 0 Å². The van der Waals surface area contributed by atoms with E-state index >= 15 is 0 Å². The van der Waals surface area contributed by atoms with Gasteiger partial charge in [0.15, 0.2) is 0 Å². The molecule has 2 rings (SSSR count). The van der Waals surface area contributed by atoms with Gasteiger partial charge in [-0.25, -0.2) is 5.10 Å². The lowest BCUT2D eigenvalue weighted by Gasteiger charge is -2.04. The third-order valence-corrected chi connectivity index (χ3v) is 3.60. The van der Waals surface area contributed by atoms with Crippen molar-refractivity contribution < 1.29 is 4.79 Å². The Hall–Kier alpha value is -2.08. The lowest BCUT2D eigenvalue weighted by molar-refractivity contribution is 0.0950. The molecule has 0 atom stereocenters. The number of aryl methyl sites for hydroxylation is 1. The second kappa shape index (κ2) is 6.91. The molecule has 6 heteroatoms. The van der Waals surface area contributed by atoms with Crippen LogP contribution in [0.1, 0.15) is 16.1 Å². The van der Waals surface area contributed by atoms with E-state index in [1.165, 1.54) is 22.6 Å². The summed E-state index contributed by atoms with van der Waals surface area (Å²) in [6.07, 6.45) is 0. The van der Waals surface area contributed by atoms with Crippen LogP contribution in [0.3, 0.4) is 0 Å². The van der Waals surface area contributed by atoms with E-state index < -0.39 is 0 Å². The summed E-state index contributed by atoms with van der Waals surface area (Å²) >= 11 is 1.68. The second-order valence-electron chi connectivity index (χ2n) is 4.22. The van der Waals surface area contributed by atoms with Crippen LogP contribution in [0.5, 0.6) is 0 Å². The molecule has 2 N–H and O–H groups in total. The van der Waals surface area contributed by atoms with Gasteiger partial charge in [-0.05, 0) is 25.1 Å². The molecule has 0 radical (unpaired) electrons. The third-order valence-electron chi connectivity index (χ3n) is 2.59. The summed E-state index contributed by atoms with van der Waals surface area (Å²) in [4.78, 5) is 23.7. The van der Waals surface area contributed by atoms with Crippen LogP contribution in [-0.4, -0.2) is 28.4 Å². The quantitative estimate of drug-likeness (QED) is 0.647. The Morgan fingerprint density at radius 3 is 2.65 bits per heavy atom. The molecular weight excluding hydrogens is 274 g/mol. The molecule has 0 aliphatic carbocycles. The van der Waals surface area contributed by atoms with E-state index in [4.69, 9.17) is 0 Å². The SMILES string of the molecule is Cc1ccc(SCCNC(=O)c2ccc(=O)[nH]n2)cc1. The minimum Gasteiger partial charge on any atom is -0.350 e. The Labute approximate surface area is 120 Å². The Morgan fingerprint density at radius 2 is 2.00 bits per heavy atom. The largest absolute Gasteiger partial charge is 0.350 e. The molecule has 0 saturated carbocycles. The molecule has 1 heterocycles. The number of carbonyl (C=O) groups is 1. The highest BCUT2D eigenvalue weighted by Crippen LogP contribution is 2.17. The molecule has 0 unspecified atom stereocenters. The Morgan fingerprint density at radius 1 is 1.25 bits per heavy atom. The highest BCUT2D eigenvalue weighted by Gasteiger charge is 2.06. The number of hydrogen-bond acceptors (Lipinski definition) is 4. The lowest BCUT2D eigenvalue weighted by Crippen LogP contribution is -2.27. The summed E-state index contributed by atoms with van der Waals surface area (Å²) in [6, 6.07) is 10.9. The van der Waals surface area contributed by atoms with Gasteiger partial charge in [0.05, 0.1) is 0 Å². The number of rotatable bonds is 5. The zero-order valence-electron chi connectivity index (χ0n) is 11.1. The highest BCUT2D eigenvalue weighted by atomic mass is 32.2. The normalized spacial score (nSPS) is 10.2. The van der Waals surface area contributed by atoms with Crippen molar-refractivity contribution >= 4 is 17.7 Å². The van der Waals surface area contributed by atoms with Crippen LogP contribution in [0, 0.1) is 6.92 Å². The predicted octanol–water partition coefficient (Wildman–Crippen LogP) is 1.60. The maximum Gasteiger partial charge on any atom is 0.271 e. The maximum absolute atomic E-state index is 11.7. The fourth-order valence-electron chi connectivity index (χ4n) is 1.53. The van der Waals surface area contributed by atoms with Gasteiger partial charge in [0.25, 0.3) is 11.5 Å². The molecule has 0 spiro atoms. The van der Waals surface area contributed by atoms with E-state index in [1.807, 2.05) is 6.92 Å². The minimum absolute atomic E-state index is 0.213. The molecule has 1 aromatic heterocycles. The van der Waals surface area contributed by atoms with Crippen molar-refractivity contribution in [3.8, 4) is 0 Å². The van der Waals surface area contributed by atoms with Crippen LogP contribution in [0.25, 0.3) is 0 Å². The van der Waals surface area contributed by atoms with Crippen molar-refractivity contribution in [3.63, 3.8) is 0 Å². The van der Waals surface area contributed by atoms with Gasteiger partial charge in [-0.2, -0.15) is 5.10 Å². The summed E-state index contributed by atoms with van der Waals surface area (Å²) in [5.41, 5.74) is 1.12. The summed E-state index contributed by atoms with van der Waals surface area (Å²) < 4.78 is 0. The number of nitrogens with zero attached hydrogens (tertiary/aromatic N) is 1. The average Bonchev–Trinajstić information content (AvgIpc) is 2.46. The second-order valence-corrected chi connectivity index (χ2v) is 5.39. The van der Waals surface area contributed by atoms with Gasteiger partial charge in [-0.3, -0.25) is 9.59 Å². The van der Waals surface area contributed by atoms with Crippen LogP contribution in [0.15, 0.2) is 46.1 Å². The van der Waals surface area contributed by atoms with Crippen LogP contribution in [-0.2, 0) is 0 Å². The molecule has 1 aromatic carbocycles. The van der Waals surface area contributed by atoms with Crippen molar-refractivity contribution in [2.45, 2.75) is 11.8 Å². The van der Waals surface area contributed by atoms with Crippen molar-refractivity contribution in [3.05, 3.63) is 58.0 Å². The molecule has 0 bridgehead atoms. The first-order valence-electron chi connectivity index (χ1n) is 6.18. The number of hydrogen-bond donors (Lipinski definition) is 2. The first-order chi connectivity index (χ1) is 9.65. The van der Waals surface area contributed by atoms with E-state index in [1.54, 1.807) is 11.8 Å². The maximum atomic E-state index is 11.7. The van der Waals surface area contributed by atoms with Crippen molar-refractivity contribution in [1.29, 1.82) is 0 Å². The zero-order valence-corrected chi connectivity index (χ0v) is 11.9. The van der Waals surface area contributed by atoms with Gasteiger partial charge in [-0.1, -0.05) is 17.7 Å². The Balaban J connectivity index is 1.75. The number of amides is 1. The van der Waals surface area contributed by atoms with Crippen LogP contribution >= 0.6 is 11.8 Å². The van der Waals surface area contributed by atoms with Crippen molar-refractivity contribution in [2.24, 2.45) is 0 Å².